The number of halogens is 1. The first-order valence-electron chi connectivity index (χ1n) is 4.45. The summed E-state index contributed by atoms with van der Waals surface area (Å²) < 4.78 is 6.76. The van der Waals surface area contributed by atoms with Gasteiger partial charge in [0, 0.05) is 0 Å². The molecule has 1 heterocycles. The van der Waals surface area contributed by atoms with Gasteiger partial charge in [0.05, 0.1) is 0 Å². The monoisotopic (exact) mass is 285 g/mol. The Labute approximate surface area is 84.9 Å². The molecule has 1 aliphatic heterocycles. The number of hydrogen-bond acceptors (Lipinski definition) is 2. The average molecular weight is 285 g/mol. The second kappa shape index (κ2) is 4.24. The van der Waals surface area contributed by atoms with E-state index in [2.05, 4.69) is 13.8 Å². The SMILES string of the molecule is CC(C)[I-][C@H]1C[C@](C)(O)CCO1. The molecule has 0 bridgehead atoms. The van der Waals surface area contributed by atoms with Crippen molar-refractivity contribution in [1.29, 1.82) is 0 Å². The van der Waals surface area contributed by atoms with Gasteiger partial charge in [-0.2, -0.15) is 0 Å². The molecule has 0 spiro atoms. The van der Waals surface area contributed by atoms with Crippen LogP contribution >= 0.6 is 0 Å². The van der Waals surface area contributed by atoms with Gasteiger partial charge in [0.2, 0.25) is 0 Å². The summed E-state index contributed by atoms with van der Waals surface area (Å²) in [4.78, 5) is 0. The first-order valence-corrected chi connectivity index (χ1v) is 6.95. The Kier molecular flexibility index (Phi) is 3.79. The second-order valence-electron chi connectivity index (χ2n) is 3.87. The topological polar surface area (TPSA) is 29.5 Å². The molecule has 12 heavy (non-hydrogen) atoms. The van der Waals surface area contributed by atoms with Crippen molar-refractivity contribution in [3.63, 3.8) is 0 Å². The molecular formula is C9H18IO2-. The fourth-order valence-corrected chi connectivity index (χ4v) is 4.54. The summed E-state index contributed by atoms with van der Waals surface area (Å²) in [6.45, 7) is 7.14. The van der Waals surface area contributed by atoms with E-state index in [1.54, 1.807) is 0 Å². The molecule has 1 rings (SSSR count). The van der Waals surface area contributed by atoms with E-state index in [-0.39, 0.29) is 21.2 Å². The van der Waals surface area contributed by atoms with E-state index in [9.17, 15) is 5.11 Å². The van der Waals surface area contributed by atoms with Crippen molar-refractivity contribution in [2.75, 3.05) is 6.61 Å². The molecule has 0 aliphatic carbocycles. The first-order chi connectivity index (χ1) is 5.49. The van der Waals surface area contributed by atoms with Gasteiger partial charge in [-0.3, -0.25) is 0 Å². The Hall–Kier alpha value is 0.650. The number of hydrogen-bond donors (Lipinski definition) is 1. The Morgan fingerprint density at radius 2 is 2.25 bits per heavy atom. The third kappa shape index (κ3) is 3.58. The quantitative estimate of drug-likeness (QED) is 0.488. The zero-order chi connectivity index (χ0) is 9.19. The van der Waals surface area contributed by atoms with Gasteiger partial charge in [0.15, 0.2) is 0 Å². The second-order valence-corrected chi connectivity index (χ2v) is 8.47. The van der Waals surface area contributed by atoms with Crippen LogP contribution in [0.1, 0.15) is 33.6 Å². The zero-order valence-electron chi connectivity index (χ0n) is 8.01. The fraction of sp³-hybridized carbons (Fsp3) is 1.00. The molecule has 2 nitrogen and oxygen atoms in total. The number of rotatable bonds is 2. The van der Waals surface area contributed by atoms with Crippen LogP contribution in [0, 0.1) is 0 Å². The van der Waals surface area contributed by atoms with Crippen molar-refractivity contribution in [3.05, 3.63) is 0 Å². The van der Waals surface area contributed by atoms with E-state index in [0.717, 1.165) is 23.4 Å². The van der Waals surface area contributed by atoms with E-state index < -0.39 is 5.60 Å². The van der Waals surface area contributed by atoms with Crippen LogP contribution in [0.25, 0.3) is 0 Å². The van der Waals surface area contributed by atoms with E-state index in [4.69, 9.17) is 4.74 Å². The minimum absolute atomic E-state index is 0.102. The van der Waals surface area contributed by atoms with Gasteiger partial charge in [-0.25, -0.2) is 0 Å². The Bertz CT molecular complexity index is 145. The molecule has 1 saturated heterocycles. The molecule has 0 aromatic heterocycles. The third-order valence-corrected chi connectivity index (χ3v) is 4.97. The molecule has 0 radical (unpaired) electrons. The Morgan fingerprint density at radius 1 is 1.58 bits per heavy atom. The van der Waals surface area contributed by atoms with Gasteiger partial charge in [-0.15, -0.1) is 0 Å². The molecule has 1 aliphatic rings. The van der Waals surface area contributed by atoms with Crippen LogP contribution in [0.2, 0.25) is 0 Å². The van der Waals surface area contributed by atoms with Crippen molar-refractivity contribution in [1.82, 2.24) is 0 Å². The van der Waals surface area contributed by atoms with Crippen molar-refractivity contribution in [2.24, 2.45) is 0 Å². The van der Waals surface area contributed by atoms with Gasteiger partial charge in [-0.1, -0.05) is 0 Å². The molecule has 0 saturated carbocycles. The molecule has 0 aromatic rings. The molecule has 74 valence electrons. The third-order valence-electron chi connectivity index (χ3n) is 1.93. The molecule has 2 atom stereocenters. The van der Waals surface area contributed by atoms with Crippen LogP contribution in [0.5, 0.6) is 0 Å². The van der Waals surface area contributed by atoms with Gasteiger partial charge >= 0.3 is 84.9 Å². The van der Waals surface area contributed by atoms with E-state index >= 15 is 0 Å². The van der Waals surface area contributed by atoms with Crippen LogP contribution in [0.15, 0.2) is 0 Å². The van der Waals surface area contributed by atoms with Crippen molar-refractivity contribution >= 4 is 0 Å². The maximum atomic E-state index is 9.80. The van der Waals surface area contributed by atoms with Crippen LogP contribution in [-0.4, -0.2) is 25.3 Å². The summed E-state index contributed by atoms with van der Waals surface area (Å²) in [5.74, 6) is 0. The van der Waals surface area contributed by atoms with Crippen molar-refractivity contribution in [3.8, 4) is 0 Å². The summed E-state index contributed by atoms with van der Waals surface area (Å²) in [6, 6.07) is 0. The molecule has 0 unspecified atom stereocenters. The predicted octanol–water partition coefficient (Wildman–Crippen LogP) is -1.63. The fourth-order valence-electron chi connectivity index (χ4n) is 1.28. The first kappa shape index (κ1) is 10.7. The zero-order valence-corrected chi connectivity index (χ0v) is 10.2. The molecule has 0 amide bonds. The Balaban J connectivity index is 2.36. The van der Waals surface area contributed by atoms with Gasteiger partial charge < -0.3 is 0 Å². The van der Waals surface area contributed by atoms with Crippen molar-refractivity contribution in [2.45, 2.75) is 47.2 Å². The molecule has 0 aromatic carbocycles. The summed E-state index contributed by atoms with van der Waals surface area (Å²) in [5, 5.41) is 9.80. The molecular weight excluding hydrogens is 267 g/mol. The summed E-state index contributed by atoms with van der Waals surface area (Å²) in [7, 11) is 0. The molecule has 3 heteroatoms. The number of alkyl halides is 2. The van der Waals surface area contributed by atoms with Crippen molar-refractivity contribution < 1.29 is 31.0 Å². The van der Waals surface area contributed by atoms with E-state index in [1.807, 2.05) is 6.92 Å². The number of aliphatic hydroxyl groups is 1. The summed E-state index contributed by atoms with van der Waals surface area (Å²) in [6.07, 6.45) is 1.64. The van der Waals surface area contributed by atoms with Crippen LogP contribution in [0.4, 0.5) is 0 Å². The van der Waals surface area contributed by atoms with Crippen LogP contribution in [-0.2, 0) is 4.74 Å². The standard InChI is InChI=1S/C9H18IO2/c1-7(2)10-8-6-9(3,11)4-5-12-8/h7-8,11H,4-6H2,1-3H3/q-1/t8-,9-/m1/s1. The molecule has 1 fully saturated rings. The van der Waals surface area contributed by atoms with Gasteiger partial charge in [0.25, 0.3) is 0 Å². The van der Waals surface area contributed by atoms with E-state index in [0.29, 0.717) is 4.11 Å². The van der Waals surface area contributed by atoms with Gasteiger partial charge in [0.1, 0.15) is 0 Å². The maximum absolute atomic E-state index is 9.80. The predicted molar refractivity (Wildman–Crippen MR) is 44.7 cm³/mol. The average Bonchev–Trinajstić information content (AvgIpc) is 1.82. The minimum atomic E-state index is -0.461. The molecule has 1 N–H and O–H groups in total. The normalized spacial score (nSPS) is 37.6. The van der Waals surface area contributed by atoms with E-state index in [1.165, 1.54) is 0 Å². The number of ether oxygens (including phenoxy) is 1. The van der Waals surface area contributed by atoms with Crippen LogP contribution < -0.4 is 21.2 Å². The van der Waals surface area contributed by atoms with Crippen LogP contribution in [0.3, 0.4) is 0 Å². The Morgan fingerprint density at radius 3 is 2.75 bits per heavy atom. The summed E-state index contributed by atoms with van der Waals surface area (Å²) in [5.41, 5.74) is -0.461. The van der Waals surface area contributed by atoms with Gasteiger partial charge in [-0.05, 0) is 0 Å². The summed E-state index contributed by atoms with van der Waals surface area (Å²) >= 11 is 0.102.